The largest absolute Gasteiger partial charge is 0.506 e. The van der Waals surface area contributed by atoms with Crippen LogP contribution in [0.3, 0.4) is 0 Å². The number of aliphatic carboxylic acids is 1. The highest BCUT2D eigenvalue weighted by Gasteiger charge is 2.29. The maximum atomic E-state index is 13.0. The van der Waals surface area contributed by atoms with E-state index in [9.17, 15) is 24.3 Å². The van der Waals surface area contributed by atoms with Crippen molar-refractivity contribution in [2.45, 2.75) is 44.7 Å². The number of aromatic hydroxyl groups is 1. The Balaban J connectivity index is 2.00. The molecule has 1 fully saturated rings. The molecular formula is C22H25N3O6. The average molecular weight is 427 g/mol. The summed E-state index contributed by atoms with van der Waals surface area (Å²) in [5.74, 6) is -3.75. The van der Waals surface area contributed by atoms with Crippen LogP contribution in [0.15, 0.2) is 41.3 Å². The van der Waals surface area contributed by atoms with E-state index in [0.29, 0.717) is 12.8 Å². The second-order valence-electron chi connectivity index (χ2n) is 7.60. The zero-order valence-corrected chi connectivity index (χ0v) is 17.1. The molecule has 1 aromatic heterocycles. The van der Waals surface area contributed by atoms with Gasteiger partial charge in [0.2, 0.25) is 0 Å². The Kier molecular flexibility index (Phi) is 6.74. The van der Waals surface area contributed by atoms with E-state index in [1.807, 2.05) is 30.3 Å². The van der Waals surface area contributed by atoms with Gasteiger partial charge in [0.05, 0.1) is 11.6 Å². The summed E-state index contributed by atoms with van der Waals surface area (Å²) >= 11 is 0. The van der Waals surface area contributed by atoms with Gasteiger partial charge >= 0.3 is 5.97 Å². The second-order valence-corrected chi connectivity index (χ2v) is 7.60. The van der Waals surface area contributed by atoms with Crippen LogP contribution in [0.25, 0.3) is 0 Å². The maximum Gasteiger partial charge on any atom is 0.322 e. The van der Waals surface area contributed by atoms with Crippen LogP contribution in [-0.4, -0.2) is 39.1 Å². The molecule has 1 aromatic carbocycles. The predicted octanol–water partition coefficient (Wildman–Crippen LogP) is 1.97. The third-order valence-corrected chi connectivity index (χ3v) is 5.45. The highest BCUT2D eigenvalue weighted by Crippen LogP contribution is 2.30. The number of amides is 2. The van der Waals surface area contributed by atoms with Crippen LogP contribution in [0.1, 0.15) is 71.0 Å². The first-order valence-electron chi connectivity index (χ1n) is 10.1. The number of aromatic nitrogens is 1. The van der Waals surface area contributed by atoms with E-state index in [1.54, 1.807) is 6.92 Å². The summed E-state index contributed by atoms with van der Waals surface area (Å²) in [5.41, 5.74) is -0.748. The van der Waals surface area contributed by atoms with E-state index in [4.69, 9.17) is 5.11 Å². The standard InChI is InChI=1S/C22H25N3O6/c1-13(14-7-3-2-4-8-14)24-20(29)16-12-25(15-9-5-6-10-15)22(31)18(19(16)28)21(30)23-11-17(26)27/h2-4,7-8,12-13,15,28H,5-6,9-11H2,1H3,(H,23,30)(H,24,29)(H,26,27)/t13-/m0/s1. The summed E-state index contributed by atoms with van der Waals surface area (Å²) in [7, 11) is 0. The number of carboxylic acids is 1. The van der Waals surface area contributed by atoms with Gasteiger partial charge in [-0.15, -0.1) is 0 Å². The molecule has 2 amide bonds. The van der Waals surface area contributed by atoms with Gasteiger partial charge in [-0.1, -0.05) is 43.2 Å². The number of benzene rings is 1. The molecule has 164 valence electrons. The maximum absolute atomic E-state index is 13.0. The van der Waals surface area contributed by atoms with Crippen molar-refractivity contribution in [2.75, 3.05) is 6.54 Å². The number of pyridine rings is 1. The van der Waals surface area contributed by atoms with Gasteiger partial charge in [0.1, 0.15) is 17.9 Å². The van der Waals surface area contributed by atoms with Crippen LogP contribution in [0.2, 0.25) is 0 Å². The minimum Gasteiger partial charge on any atom is -0.506 e. The normalized spacial score (nSPS) is 14.7. The van der Waals surface area contributed by atoms with Crippen molar-refractivity contribution in [3.63, 3.8) is 0 Å². The lowest BCUT2D eigenvalue weighted by Gasteiger charge is -2.20. The molecule has 0 unspecified atom stereocenters. The highest BCUT2D eigenvalue weighted by atomic mass is 16.4. The number of carboxylic acid groups (broad SMARTS) is 1. The number of rotatable bonds is 7. The lowest BCUT2D eigenvalue weighted by Crippen LogP contribution is -2.38. The number of carbonyl (C=O) groups is 3. The molecule has 2 aromatic rings. The first-order valence-corrected chi connectivity index (χ1v) is 10.1. The summed E-state index contributed by atoms with van der Waals surface area (Å²) in [4.78, 5) is 49.2. The average Bonchev–Trinajstić information content (AvgIpc) is 3.27. The van der Waals surface area contributed by atoms with E-state index in [2.05, 4.69) is 10.6 Å². The molecule has 0 radical (unpaired) electrons. The van der Waals surface area contributed by atoms with Crippen LogP contribution >= 0.6 is 0 Å². The zero-order valence-electron chi connectivity index (χ0n) is 17.1. The molecule has 1 atom stereocenters. The fourth-order valence-corrected chi connectivity index (χ4v) is 3.79. The van der Waals surface area contributed by atoms with Gasteiger partial charge in [-0.3, -0.25) is 19.2 Å². The van der Waals surface area contributed by atoms with Gasteiger partial charge in [0.15, 0.2) is 0 Å². The molecule has 0 spiro atoms. The van der Waals surface area contributed by atoms with Crippen molar-refractivity contribution in [3.05, 3.63) is 63.6 Å². The molecule has 0 saturated heterocycles. The molecule has 9 nitrogen and oxygen atoms in total. The molecule has 1 heterocycles. The van der Waals surface area contributed by atoms with Crippen LogP contribution < -0.4 is 16.2 Å². The van der Waals surface area contributed by atoms with Gasteiger partial charge in [-0.05, 0) is 25.3 Å². The van der Waals surface area contributed by atoms with Crippen LogP contribution in [0, 0.1) is 0 Å². The van der Waals surface area contributed by atoms with E-state index in [0.717, 1.165) is 18.4 Å². The van der Waals surface area contributed by atoms with E-state index in [-0.39, 0.29) is 17.6 Å². The summed E-state index contributed by atoms with van der Waals surface area (Å²) in [6, 6.07) is 8.62. The van der Waals surface area contributed by atoms with E-state index in [1.165, 1.54) is 10.8 Å². The lowest BCUT2D eigenvalue weighted by atomic mass is 10.1. The minimum atomic E-state index is -1.30. The predicted molar refractivity (Wildman–Crippen MR) is 112 cm³/mol. The van der Waals surface area contributed by atoms with Crippen molar-refractivity contribution >= 4 is 17.8 Å². The van der Waals surface area contributed by atoms with Crippen molar-refractivity contribution in [2.24, 2.45) is 0 Å². The van der Waals surface area contributed by atoms with Crippen molar-refractivity contribution in [1.29, 1.82) is 0 Å². The number of nitrogens with one attached hydrogen (secondary N) is 2. The Morgan fingerprint density at radius 1 is 1.13 bits per heavy atom. The fraction of sp³-hybridized carbons (Fsp3) is 0.364. The Morgan fingerprint density at radius 3 is 2.39 bits per heavy atom. The Bertz CT molecular complexity index is 1040. The molecule has 9 heteroatoms. The highest BCUT2D eigenvalue weighted by molar-refractivity contribution is 6.04. The van der Waals surface area contributed by atoms with Crippen molar-refractivity contribution in [1.82, 2.24) is 15.2 Å². The molecule has 1 saturated carbocycles. The quantitative estimate of drug-likeness (QED) is 0.533. The van der Waals surface area contributed by atoms with Crippen LogP contribution in [0.4, 0.5) is 0 Å². The molecule has 3 rings (SSSR count). The number of nitrogens with zero attached hydrogens (tertiary/aromatic N) is 1. The first-order chi connectivity index (χ1) is 14.8. The third kappa shape index (κ3) is 4.93. The monoisotopic (exact) mass is 427 g/mol. The molecule has 0 bridgehead atoms. The van der Waals surface area contributed by atoms with E-state index >= 15 is 0 Å². The smallest absolute Gasteiger partial charge is 0.322 e. The van der Waals surface area contributed by atoms with Gasteiger partial charge in [-0.2, -0.15) is 0 Å². The molecule has 1 aliphatic carbocycles. The Hall–Kier alpha value is -3.62. The van der Waals surface area contributed by atoms with Crippen LogP contribution in [-0.2, 0) is 4.79 Å². The summed E-state index contributed by atoms with van der Waals surface area (Å²) in [6.07, 6.45) is 4.52. The molecular weight excluding hydrogens is 402 g/mol. The molecule has 1 aliphatic rings. The lowest BCUT2D eigenvalue weighted by molar-refractivity contribution is -0.135. The molecule has 31 heavy (non-hydrogen) atoms. The van der Waals surface area contributed by atoms with Gasteiger partial charge in [-0.25, -0.2) is 0 Å². The number of hydrogen-bond acceptors (Lipinski definition) is 5. The molecule has 4 N–H and O–H groups in total. The zero-order chi connectivity index (χ0) is 22.5. The Labute approximate surface area is 178 Å². The summed E-state index contributed by atoms with van der Waals surface area (Å²) < 4.78 is 1.31. The van der Waals surface area contributed by atoms with Crippen molar-refractivity contribution in [3.8, 4) is 5.75 Å². The Morgan fingerprint density at radius 2 is 1.77 bits per heavy atom. The SMILES string of the molecule is C[C@H](NC(=O)c1cn(C2CCCC2)c(=O)c(C(=O)NCC(=O)O)c1O)c1ccccc1. The fourth-order valence-electron chi connectivity index (χ4n) is 3.79. The third-order valence-electron chi connectivity index (χ3n) is 5.45. The topological polar surface area (TPSA) is 138 Å². The molecule has 0 aliphatic heterocycles. The van der Waals surface area contributed by atoms with Gasteiger partial charge in [0.25, 0.3) is 17.4 Å². The summed E-state index contributed by atoms with van der Waals surface area (Å²) in [6.45, 7) is 1.06. The number of carbonyl (C=O) groups excluding carboxylic acids is 2. The summed E-state index contributed by atoms with van der Waals surface area (Å²) in [5, 5.41) is 24.3. The van der Waals surface area contributed by atoms with Crippen LogP contribution in [0.5, 0.6) is 5.75 Å². The van der Waals surface area contributed by atoms with Crippen molar-refractivity contribution < 1.29 is 24.6 Å². The van der Waals surface area contributed by atoms with Gasteiger partial charge < -0.3 is 25.4 Å². The van der Waals surface area contributed by atoms with E-state index < -0.39 is 41.2 Å². The second kappa shape index (κ2) is 9.46. The first kappa shape index (κ1) is 22.1. The number of hydrogen-bond donors (Lipinski definition) is 4. The minimum absolute atomic E-state index is 0.197. The van der Waals surface area contributed by atoms with Gasteiger partial charge in [0, 0.05) is 12.2 Å².